The number of hydrogen-bond acceptors (Lipinski definition) is 3. The predicted molar refractivity (Wildman–Crippen MR) is 68.3 cm³/mol. The van der Waals surface area contributed by atoms with Gasteiger partial charge in [-0.05, 0) is 31.4 Å². The molecule has 1 aliphatic heterocycles. The molecule has 1 aromatic heterocycles. The van der Waals surface area contributed by atoms with Crippen molar-refractivity contribution < 1.29 is 4.79 Å². The molecule has 1 amide bonds. The van der Waals surface area contributed by atoms with E-state index in [0.717, 1.165) is 25.0 Å². The lowest BCUT2D eigenvalue weighted by molar-refractivity contribution is 0.0764. The largest absolute Gasteiger partial charge is 0.323 e. The van der Waals surface area contributed by atoms with Crippen molar-refractivity contribution in [1.29, 1.82) is 5.26 Å². The number of carbonyl (C=O) groups excluding carboxylic acids is 1. The van der Waals surface area contributed by atoms with E-state index in [4.69, 9.17) is 16.9 Å². The Morgan fingerprint density at radius 3 is 3.11 bits per heavy atom. The van der Waals surface area contributed by atoms with E-state index in [0.29, 0.717) is 17.3 Å². The molecule has 0 bridgehead atoms. The number of amides is 1. The molecule has 1 atom stereocenters. The highest BCUT2D eigenvalue weighted by Gasteiger charge is 2.29. The van der Waals surface area contributed by atoms with Gasteiger partial charge in [-0.3, -0.25) is 4.79 Å². The molecule has 0 aromatic carbocycles. The number of carbonyl (C=O) groups is 1. The number of nitriles is 1. The van der Waals surface area contributed by atoms with Crippen molar-refractivity contribution in [3.05, 3.63) is 28.5 Å². The topological polar surface area (TPSA) is 57.0 Å². The Kier molecular flexibility index (Phi) is 3.83. The maximum atomic E-state index is 12.3. The number of pyridine rings is 1. The maximum absolute atomic E-state index is 12.3. The lowest BCUT2D eigenvalue weighted by Crippen LogP contribution is -2.34. The SMILES string of the molecule is CCc1cc(C(=O)N2CCCC2C#N)cc(Cl)n1. The number of likely N-dealkylation sites (tertiary alicyclic amines) is 1. The van der Waals surface area contributed by atoms with Crippen LogP contribution < -0.4 is 0 Å². The zero-order valence-electron chi connectivity index (χ0n) is 10.2. The molecule has 0 N–H and O–H groups in total. The molecule has 1 fully saturated rings. The Morgan fingerprint density at radius 1 is 1.67 bits per heavy atom. The summed E-state index contributed by atoms with van der Waals surface area (Å²) in [5.74, 6) is -0.127. The van der Waals surface area contributed by atoms with E-state index < -0.39 is 0 Å². The van der Waals surface area contributed by atoms with Gasteiger partial charge in [-0.25, -0.2) is 4.98 Å². The second kappa shape index (κ2) is 5.36. The third-order valence-electron chi connectivity index (χ3n) is 3.12. The molecule has 1 saturated heterocycles. The lowest BCUT2D eigenvalue weighted by Gasteiger charge is -2.19. The van der Waals surface area contributed by atoms with E-state index in [9.17, 15) is 4.79 Å². The quantitative estimate of drug-likeness (QED) is 0.770. The Bertz CT molecular complexity index is 509. The summed E-state index contributed by atoms with van der Waals surface area (Å²) in [6.07, 6.45) is 2.35. The van der Waals surface area contributed by atoms with E-state index in [1.54, 1.807) is 17.0 Å². The molecular weight excluding hydrogens is 250 g/mol. The molecule has 1 aromatic rings. The minimum atomic E-state index is -0.311. The third kappa shape index (κ3) is 2.46. The van der Waals surface area contributed by atoms with Gasteiger partial charge in [-0.15, -0.1) is 0 Å². The predicted octanol–water partition coefficient (Wildman–Crippen LogP) is 2.43. The summed E-state index contributed by atoms with van der Waals surface area (Å²) in [5.41, 5.74) is 1.31. The average molecular weight is 264 g/mol. The van der Waals surface area contributed by atoms with Gasteiger partial charge in [0.2, 0.25) is 0 Å². The van der Waals surface area contributed by atoms with Crippen LogP contribution >= 0.6 is 11.6 Å². The van der Waals surface area contributed by atoms with Crippen LogP contribution in [0.3, 0.4) is 0 Å². The molecule has 0 radical (unpaired) electrons. The molecule has 0 spiro atoms. The summed E-state index contributed by atoms with van der Waals surface area (Å²) < 4.78 is 0. The number of rotatable bonds is 2. The second-order valence-electron chi connectivity index (χ2n) is 4.31. The smallest absolute Gasteiger partial charge is 0.255 e. The summed E-state index contributed by atoms with van der Waals surface area (Å²) >= 11 is 5.90. The average Bonchev–Trinajstić information content (AvgIpc) is 2.85. The van der Waals surface area contributed by atoms with E-state index in [1.807, 2.05) is 6.92 Å². The summed E-state index contributed by atoms with van der Waals surface area (Å²) in [7, 11) is 0. The molecule has 1 aliphatic rings. The van der Waals surface area contributed by atoms with Crippen molar-refractivity contribution in [1.82, 2.24) is 9.88 Å². The zero-order valence-corrected chi connectivity index (χ0v) is 10.9. The van der Waals surface area contributed by atoms with Crippen LogP contribution in [0.4, 0.5) is 0 Å². The highest BCUT2D eigenvalue weighted by molar-refractivity contribution is 6.29. The van der Waals surface area contributed by atoms with Gasteiger partial charge in [-0.2, -0.15) is 5.26 Å². The molecule has 94 valence electrons. The molecule has 1 unspecified atom stereocenters. The Balaban J connectivity index is 2.28. The molecule has 5 heteroatoms. The van der Waals surface area contributed by atoms with E-state index in [2.05, 4.69) is 11.1 Å². The van der Waals surface area contributed by atoms with Crippen LogP contribution in [-0.4, -0.2) is 28.4 Å². The third-order valence-corrected chi connectivity index (χ3v) is 3.31. The van der Waals surface area contributed by atoms with Gasteiger partial charge in [0.15, 0.2) is 0 Å². The first-order valence-corrected chi connectivity index (χ1v) is 6.40. The molecule has 18 heavy (non-hydrogen) atoms. The highest BCUT2D eigenvalue weighted by Crippen LogP contribution is 2.21. The van der Waals surface area contributed by atoms with E-state index in [1.165, 1.54) is 0 Å². The monoisotopic (exact) mass is 263 g/mol. The zero-order chi connectivity index (χ0) is 13.1. The Morgan fingerprint density at radius 2 is 2.44 bits per heavy atom. The summed E-state index contributed by atoms with van der Waals surface area (Å²) in [4.78, 5) is 18.1. The van der Waals surface area contributed by atoms with Crippen LogP contribution in [0.5, 0.6) is 0 Å². The van der Waals surface area contributed by atoms with Gasteiger partial charge in [-0.1, -0.05) is 18.5 Å². The van der Waals surface area contributed by atoms with Crippen molar-refractivity contribution >= 4 is 17.5 Å². The molecular formula is C13H14ClN3O. The lowest BCUT2D eigenvalue weighted by atomic mass is 10.1. The van der Waals surface area contributed by atoms with Crippen molar-refractivity contribution in [2.45, 2.75) is 32.2 Å². The molecule has 4 nitrogen and oxygen atoms in total. The second-order valence-corrected chi connectivity index (χ2v) is 4.70. The van der Waals surface area contributed by atoms with E-state index >= 15 is 0 Å². The summed E-state index contributed by atoms with van der Waals surface area (Å²) in [6.45, 7) is 2.60. The van der Waals surface area contributed by atoms with Crippen LogP contribution in [0.25, 0.3) is 0 Å². The minimum absolute atomic E-state index is 0.127. The van der Waals surface area contributed by atoms with Gasteiger partial charge >= 0.3 is 0 Å². The number of hydrogen-bond donors (Lipinski definition) is 0. The van der Waals surface area contributed by atoms with Crippen molar-refractivity contribution in [3.63, 3.8) is 0 Å². The number of halogens is 1. The van der Waals surface area contributed by atoms with Crippen LogP contribution in [0.2, 0.25) is 5.15 Å². The number of aromatic nitrogens is 1. The van der Waals surface area contributed by atoms with Gasteiger partial charge in [0.1, 0.15) is 11.2 Å². The summed E-state index contributed by atoms with van der Waals surface area (Å²) in [6, 6.07) is 5.17. The van der Waals surface area contributed by atoms with Gasteiger partial charge in [0.25, 0.3) is 5.91 Å². The standard InChI is InChI=1S/C13H14ClN3O/c1-2-10-6-9(7-12(14)16-10)13(18)17-5-3-4-11(17)8-15/h6-7,11H,2-5H2,1H3. The van der Waals surface area contributed by atoms with Crippen molar-refractivity contribution in [2.24, 2.45) is 0 Å². The van der Waals surface area contributed by atoms with Crippen molar-refractivity contribution in [2.75, 3.05) is 6.54 Å². The number of aryl methyl sites for hydroxylation is 1. The van der Waals surface area contributed by atoms with Gasteiger partial charge in [0.05, 0.1) is 6.07 Å². The molecule has 0 aliphatic carbocycles. The first-order valence-electron chi connectivity index (χ1n) is 6.02. The highest BCUT2D eigenvalue weighted by atomic mass is 35.5. The first-order chi connectivity index (χ1) is 8.65. The fourth-order valence-corrected chi connectivity index (χ4v) is 2.39. The Labute approximate surface area is 111 Å². The van der Waals surface area contributed by atoms with Crippen LogP contribution in [0, 0.1) is 11.3 Å². The van der Waals surface area contributed by atoms with Gasteiger partial charge in [0, 0.05) is 17.8 Å². The summed E-state index contributed by atoms with van der Waals surface area (Å²) in [5, 5.41) is 9.33. The maximum Gasteiger partial charge on any atom is 0.255 e. The first kappa shape index (κ1) is 12.8. The van der Waals surface area contributed by atoms with Crippen LogP contribution in [0.15, 0.2) is 12.1 Å². The fraction of sp³-hybridized carbons (Fsp3) is 0.462. The molecule has 2 heterocycles. The number of nitrogens with zero attached hydrogens (tertiary/aromatic N) is 3. The molecule has 2 rings (SSSR count). The van der Waals surface area contributed by atoms with Gasteiger partial charge < -0.3 is 4.90 Å². The fourth-order valence-electron chi connectivity index (χ4n) is 2.17. The minimum Gasteiger partial charge on any atom is -0.323 e. The Hall–Kier alpha value is -1.60. The van der Waals surface area contributed by atoms with Crippen LogP contribution in [-0.2, 0) is 6.42 Å². The van der Waals surface area contributed by atoms with E-state index in [-0.39, 0.29) is 11.9 Å². The molecule has 0 saturated carbocycles. The normalized spacial score (nSPS) is 18.7. The van der Waals surface area contributed by atoms with Crippen LogP contribution in [0.1, 0.15) is 35.8 Å². The van der Waals surface area contributed by atoms with Crippen molar-refractivity contribution in [3.8, 4) is 6.07 Å².